The molecule has 0 saturated heterocycles. The second kappa shape index (κ2) is 6.06. The van der Waals surface area contributed by atoms with E-state index in [1.54, 1.807) is 6.20 Å². The van der Waals surface area contributed by atoms with Crippen LogP contribution in [0.25, 0.3) is 10.9 Å². The zero-order valence-corrected chi connectivity index (χ0v) is 12.2. The molecule has 3 aromatic rings. The van der Waals surface area contributed by atoms with Crippen LogP contribution in [0.1, 0.15) is 29.7 Å². The van der Waals surface area contributed by atoms with Crippen molar-refractivity contribution in [2.75, 3.05) is 0 Å². The molecule has 2 heteroatoms. The summed E-state index contributed by atoms with van der Waals surface area (Å²) in [4.78, 5) is 4.41. The van der Waals surface area contributed by atoms with Crippen molar-refractivity contribution in [2.24, 2.45) is 0 Å². The van der Waals surface area contributed by atoms with Crippen molar-refractivity contribution < 1.29 is 5.11 Å². The molecule has 0 aliphatic heterocycles. The standard InChI is InChI=1S/C19H19NO/c1-2-14-8-10-15(11-9-14)13-18(21)17-7-3-5-16-6-4-12-20-19(16)17/h3-12,18,21H,2,13H2,1H3. The van der Waals surface area contributed by atoms with E-state index in [1.165, 1.54) is 5.56 Å². The van der Waals surface area contributed by atoms with Gasteiger partial charge in [0.15, 0.2) is 0 Å². The Morgan fingerprint density at radius 2 is 1.67 bits per heavy atom. The van der Waals surface area contributed by atoms with Crippen LogP contribution in [0.15, 0.2) is 60.8 Å². The topological polar surface area (TPSA) is 33.1 Å². The molecule has 0 saturated carbocycles. The van der Waals surface area contributed by atoms with Gasteiger partial charge in [-0.3, -0.25) is 4.98 Å². The summed E-state index contributed by atoms with van der Waals surface area (Å²) in [5.41, 5.74) is 4.25. The van der Waals surface area contributed by atoms with Crippen molar-refractivity contribution in [3.8, 4) is 0 Å². The summed E-state index contributed by atoms with van der Waals surface area (Å²) in [6, 6.07) is 18.3. The zero-order valence-electron chi connectivity index (χ0n) is 12.2. The summed E-state index contributed by atoms with van der Waals surface area (Å²) in [7, 11) is 0. The molecule has 2 nitrogen and oxygen atoms in total. The smallest absolute Gasteiger partial charge is 0.0851 e. The van der Waals surface area contributed by atoms with E-state index >= 15 is 0 Å². The van der Waals surface area contributed by atoms with Gasteiger partial charge in [0.2, 0.25) is 0 Å². The second-order valence-electron chi connectivity index (χ2n) is 5.31. The lowest BCUT2D eigenvalue weighted by atomic mass is 9.98. The molecule has 3 rings (SSSR count). The minimum atomic E-state index is -0.531. The minimum Gasteiger partial charge on any atom is -0.388 e. The predicted octanol–water partition coefficient (Wildman–Crippen LogP) is 4.07. The lowest BCUT2D eigenvalue weighted by Crippen LogP contribution is -2.03. The second-order valence-corrected chi connectivity index (χ2v) is 5.31. The number of fused-ring (bicyclic) bond motifs is 1. The van der Waals surface area contributed by atoms with E-state index in [2.05, 4.69) is 36.2 Å². The van der Waals surface area contributed by atoms with Crippen molar-refractivity contribution >= 4 is 10.9 Å². The van der Waals surface area contributed by atoms with Crippen LogP contribution in [0.3, 0.4) is 0 Å². The number of aryl methyl sites for hydroxylation is 1. The number of hydrogen-bond acceptors (Lipinski definition) is 2. The molecule has 106 valence electrons. The Hall–Kier alpha value is -2.19. The number of pyridine rings is 1. The van der Waals surface area contributed by atoms with Gasteiger partial charge in [0, 0.05) is 23.6 Å². The third-order valence-electron chi connectivity index (χ3n) is 3.88. The van der Waals surface area contributed by atoms with Gasteiger partial charge >= 0.3 is 0 Å². The molecular formula is C19H19NO. The highest BCUT2D eigenvalue weighted by Gasteiger charge is 2.12. The van der Waals surface area contributed by atoms with E-state index in [9.17, 15) is 5.11 Å². The van der Waals surface area contributed by atoms with Crippen molar-refractivity contribution in [3.63, 3.8) is 0 Å². The van der Waals surface area contributed by atoms with E-state index in [4.69, 9.17) is 0 Å². The molecular weight excluding hydrogens is 258 g/mol. The lowest BCUT2D eigenvalue weighted by molar-refractivity contribution is 0.180. The molecule has 1 unspecified atom stereocenters. The van der Waals surface area contributed by atoms with E-state index in [1.807, 2.05) is 30.3 Å². The summed E-state index contributed by atoms with van der Waals surface area (Å²) >= 11 is 0. The van der Waals surface area contributed by atoms with E-state index < -0.39 is 6.10 Å². The Labute approximate surface area is 125 Å². The maximum absolute atomic E-state index is 10.6. The van der Waals surface area contributed by atoms with Gasteiger partial charge in [-0.1, -0.05) is 55.5 Å². The Morgan fingerprint density at radius 3 is 2.43 bits per heavy atom. The van der Waals surface area contributed by atoms with Gasteiger partial charge in [0.25, 0.3) is 0 Å². The highest BCUT2D eigenvalue weighted by molar-refractivity contribution is 5.81. The quantitative estimate of drug-likeness (QED) is 0.779. The molecule has 0 aliphatic carbocycles. The maximum Gasteiger partial charge on any atom is 0.0851 e. The van der Waals surface area contributed by atoms with Crippen LogP contribution >= 0.6 is 0 Å². The van der Waals surface area contributed by atoms with Crippen molar-refractivity contribution in [3.05, 3.63) is 77.5 Å². The molecule has 1 atom stereocenters. The largest absolute Gasteiger partial charge is 0.388 e. The molecule has 0 spiro atoms. The van der Waals surface area contributed by atoms with Crippen molar-refractivity contribution in [1.29, 1.82) is 0 Å². The van der Waals surface area contributed by atoms with Gasteiger partial charge in [-0.15, -0.1) is 0 Å². The van der Waals surface area contributed by atoms with Gasteiger partial charge in [-0.05, 0) is 23.6 Å². The summed E-state index contributed by atoms with van der Waals surface area (Å²) in [5.74, 6) is 0. The molecule has 1 aromatic heterocycles. The van der Waals surface area contributed by atoms with Gasteiger partial charge in [-0.25, -0.2) is 0 Å². The molecule has 0 aliphatic rings. The number of aromatic nitrogens is 1. The van der Waals surface area contributed by atoms with Crippen LogP contribution in [-0.2, 0) is 12.8 Å². The first-order chi connectivity index (χ1) is 10.3. The van der Waals surface area contributed by atoms with Crippen LogP contribution < -0.4 is 0 Å². The predicted molar refractivity (Wildman–Crippen MR) is 86.2 cm³/mol. The fraction of sp³-hybridized carbons (Fsp3) is 0.211. The first-order valence-corrected chi connectivity index (χ1v) is 7.37. The van der Waals surface area contributed by atoms with Gasteiger partial charge in [0.1, 0.15) is 0 Å². The van der Waals surface area contributed by atoms with Crippen molar-refractivity contribution in [1.82, 2.24) is 4.98 Å². The number of aliphatic hydroxyl groups excluding tert-OH is 1. The number of aliphatic hydroxyl groups is 1. The molecule has 0 bridgehead atoms. The number of hydrogen-bond donors (Lipinski definition) is 1. The van der Waals surface area contributed by atoms with Crippen LogP contribution in [0.5, 0.6) is 0 Å². The minimum absolute atomic E-state index is 0.531. The van der Waals surface area contributed by atoms with Crippen LogP contribution in [0, 0.1) is 0 Å². The third-order valence-corrected chi connectivity index (χ3v) is 3.88. The average molecular weight is 277 g/mol. The van der Waals surface area contributed by atoms with E-state index in [0.717, 1.165) is 28.5 Å². The Kier molecular flexibility index (Phi) is 3.98. The SMILES string of the molecule is CCc1ccc(CC(O)c2cccc3cccnc23)cc1. The highest BCUT2D eigenvalue weighted by atomic mass is 16.3. The van der Waals surface area contributed by atoms with Crippen LogP contribution in [0.4, 0.5) is 0 Å². The maximum atomic E-state index is 10.6. The molecule has 0 fully saturated rings. The lowest BCUT2D eigenvalue weighted by Gasteiger charge is -2.13. The number of nitrogens with zero attached hydrogens (tertiary/aromatic N) is 1. The van der Waals surface area contributed by atoms with Gasteiger partial charge in [0.05, 0.1) is 11.6 Å². The van der Waals surface area contributed by atoms with Gasteiger partial charge in [-0.2, -0.15) is 0 Å². The summed E-state index contributed by atoms with van der Waals surface area (Å²) < 4.78 is 0. The Morgan fingerprint density at radius 1 is 0.952 bits per heavy atom. The fourth-order valence-electron chi connectivity index (χ4n) is 2.64. The molecule has 21 heavy (non-hydrogen) atoms. The first kappa shape index (κ1) is 13.8. The van der Waals surface area contributed by atoms with E-state index in [0.29, 0.717) is 6.42 Å². The molecule has 1 heterocycles. The van der Waals surface area contributed by atoms with Crippen LogP contribution in [0.2, 0.25) is 0 Å². The Balaban J connectivity index is 1.88. The average Bonchev–Trinajstić information content (AvgIpc) is 2.55. The number of benzene rings is 2. The molecule has 2 aromatic carbocycles. The number of para-hydroxylation sites is 1. The van der Waals surface area contributed by atoms with Crippen molar-refractivity contribution in [2.45, 2.75) is 25.9 Å². The summed E-state index contributed by atoms with van der Waals surface area (Å²) in [5, 5.41) is 11.6. The van der Waals surface area contributed by atoms with Gasteiger partial charge < -0.3 is 5.11 Å². The zero-order chi connectivity index (χ0) is 14.7. The molecule has 0 amide bonds. The summed E-state index contributed by atoms with van der Waals surface area (Å²) in [6.45, 7) is 2.14. The first-order valence-electron chi connectivity index (χ1n) is 7.37. The Bertz CT molecular complexity index is 729. The van der Waals surface area contributed by atoms with Crippen LogP contribution in [-0.4, -0.2) is 10.1 Å². The molecule has 1 N–H and O–H groups in total. The third kappa shape index (κ3) is 2.96. The fourth-order valence-corrected chi connectivity index (χ4v) is 2.64. The monoisotopic (exact) mass is 277 g/mol. The highest BCUT2D eigenvalue weighted by Crippen LogP contribution is 2.25. The van der Waals surface area contributed by atoms with E-state index in [-0.39, 0.29) is 0 Å². The summed E-state index contributed by atoms with van der Waals surface area (Å²) in [6.07, 6.45) is 2.89. The normalized spacial score (nSPS) is 12.5. The molecule has 0 radical (unpaired) electrons. The number of rotatable bonds is 4.